The highest BCUT2D eigenvalue weighted by molar-refractivity contribution is 6.35. The van der Waals surface area contributed by atoms with Crippen molar-refractivity contribution in [1.82, 2.24) is 25.1 Å². The van der Waals surface area contributed by atoms with E-state index in [1.165, 1.54) is 18.3 Å². The predicted molar refractivity (Wildman–Crippen MR) is 148 cm³/mol. The molecule has 0 bridgehead atoms. The number of piperazine rings is 1. The molecule has 0 saturated carbocycles. The van der Waals surface area contributed by atoms with Crippen LogP contribution < -0.4 is 15.5 Å². The fourth-order valence-electron chi connectivity index (χ4n) is 5.51. The van der Waals surface area contributed by atoms with Gasteiger partial charge in [0.25, 0.3) is 0 Å². The average Bonchev–Trinajstić information content (AvgIpc) is 3.37. The Kier molecular flexibility index (Phi) is 6.15. The first-order chi connectivity index (χ1) is 18.7. The summed E-state index contributed by atoms with van der Waals surface area (Å²) >= 11 is 6.70. The fraction of sp³-hybridized carbons (Fsp3) is 0.333. The average molecular weight is 553 g/mol. The van der Waals surface area contributed by atoms with Crippen LogP contribution in [-0.2, 0) is 4.79 Å². The minimum Gasteiger partial charge on any atom is -0.349 e. The largest absolute Gasteiger partial charge is 0.349 e. The lowest BCUT2D eigenvalue weighted by Gasteiger charge is -2.45. The SMILES string of the molecule is C=CC(=O)N1C[C@H](C)N(c2nc(N3CC(N)C3)nc3c(F)c(-c4c(F)ccc5cn[nH]c45)c(Cl)cc23)C[C@H]1C. The maximum atomic E-state index is 16.5. The van der Waals surface area contributed by atoms with Crippen LogP contribution >= 0.6 is 11.6 Å². The number of rotatable bonds is 4. The Bertz CT molecular complexity index is 1640. The van der Waals surface area contributed by atoms with Gasteiger partial charge in [0.1, 0.15) is 17.2 Å². The van der Waals surface area contributed by atoms with E-state index in [0.717, 1.165) is 0 Å². The Labute approximate surface area is 228 Å². The summed E-state index contributed by atoms with van der Waals surface area (Å²) in [7, 11) is 0. The Morgan fingerprint density at radius 1 is 1.15 bits per heavy atom. The second-order valence-corrected chi connectivity index (χ2v) is 10.7. The molecular formula is C27H27ClF2N8O. The normalized spacial score (nSPS) is 20.1. The predicted octanol–water partition coefficient (Wildman–Crippen LogP) is 3.86. The van der Waals surface area contributed by atoms with Crippen LogP contribution in [-0.4, -0.2) is 75.3 Å². The molecule has 0 spiro atoms. The van der Waals surface area contributed by atoms with E-state index in [1.807, 2.05) is 23.6 Å². The van der Waals surface area contributed by atoms with Crippen LogP contribution in [0.25, 0.3) is 32.9 Å². The number of hydrogen-bond acceptors (Lipinski definition) is 7. The van der Waals surface area contributed by atoms with E-state index < -0.39 is 11.6 Å². The van der Waals surface area contributed by atoms with Gasteiger partial charge in [-0.15, -0.1) is 0 Å². The molecule has 9 nitrogen and oxygen atoms in total. The zero-order valence-electron chi connectivity index (χ0n) is 21.5. The molecule has 2 aliphatic heterocycles. The quantitative estimate of drug-likeness (QED) is 0.370. The van der Waals surface area contributed by atoms with E-state index >= 15 is 8.78 Å². The number of benzene rings is 2. The maximum absolute atomic E-state index is 16.5. The maximum Gasteiger partial charge on any atom is 0.246 e. The number of aromatic amines is 1. The third-order valence-electron chi connectivity index (χ3n) is 7.58. The highest BCUT2D eigenvalue weighted by atomic mass is 35.5. The minimum absolute atomic E-state index is 0.0133. The molecule has 4 aromatic rings. The van der Waals surface area contributed by atoms with Crippen LogP contribution in [0.15, 0.2) is 37.1 Å². The first-order valence-electron chi connectivity index (χ1n) is 12.7. The van der Waals surface area contributed by atoms with E-state index in [9.17, 15) is 4.79 Å². The molecule has 12 heteroatoms. The standard InChI is InChI=1S/C27H27ClF2N8O/c1-4-20(39)37-9-14(3)38(10-13(37)2)26-17-7-18(28)21(22-19(29)6-5-15-8-32-35-24(15)22)23(30)25(17)33-27(34-26)36-11-16(31)12-36/h4-8,13-14,16H,1,9-12,31H2,2-3H3,(H,32,35)/t13-,14+/m1/s1. The molecule has 2 saturated heterocycles. The zero-order chi connectivity index (χ0) is 27.6. The molecule has 39 heavy (non-hydrogen) atoms. The van der Waals surface area contributed by atoms with Crippen molar-refractivity contribution in [2.24, 2.45) is 5.73 Å². The summed E-state index contributed by atoms with van der Waals surface area (Å²) in [6.45, 7) is 9.48. The lowest BCUT2D eigenvalue weighted by Crippen LogP contribution is -2.58. The van der Waals surface area contributed by atoms with Crippen molar-refractivity contribution in [3.63, 3.8) is 0 Å². The first kappa shape index (κ1) is 25.4. The van der Waals surface area contributed by atoms with Crippen molar-refractivity contribution in [2.75, 3.05) is 36.0 Å². The lowest BCUT2D eigenvalue weighted by molar-refractivity contribution is -0.128. The number of nitrogens with two attached hydrogens (primary N) is 1. The molecule has 2 fully saturated rings. The summed E-state index contributed by atoms with van der Waals surface area (Å²) in [6.07, 6.45) is 2.84. The summed E-state index contributed by atoms with van der Waals surface area (Å²) < 4.78 is 31.7. The Hall–Kier alpha value is -3.83. The second kappa shape index (κ2) is 9.42. The van der Waals surface area contributed by atoms with E-state index in [0.29, 0.717) is 54.2 Å². The topological polar surface area (TPSA) is 107 Å². The molecule has 2 aliphatic rings. The number of carbonyl (C=O) groups is 1. The summed E-state index contributed by atoms with van der Waals surface area (Å²) in [5, 5.41) is 7.78. The van der Waals surface area contributed by atoms with E-state index in [1.54, 1.807) is 17.0 Å². The van der Waals surface area contributed by atoms with Crippen LogP contribution in [0.2, 0.25) is 5.02 Å². The monoisotopic (exact) mass is 552 g/mol. The number of anilines is 2. The molecule has 0 unspecified atom stereocenters. The van der Waals surface area contributed by atoms with Gasteiger partial charge in [0, 0.05) is 66.2 Å². The van der Waals surface area contributed by atoms with Crippen molar-refractivity contribution in [3.05, 3.63) is 53.7 Å². The van der Waals surface area contributed by atoms with Gasteiger partial charge in [0.2, 0.25) is 11.9 Å². The van der Waals surface area contributed by atoms with Crippen LogP contribution in [0, 0.1) is 11.6 Å². The Morgan fingerprint density at radius 2 is 1.92 bits per heavy atom. The molecule has 0 aliphatic carbocycles. The van der Waals surface area contributed by atoms with Gasteiger partial charge in [-0.05, 0) is 38.1 Å². The van der Waals surface area contributed by atoms with Crippen molar-refractivity contribution in [3.8, 4) is 11.1 Å². The lowest BCUT2D eigenvalue weighted by atomic mass is 9.99. The summed E-state index contributed by atoms with van der Waals surface area (Å²) in [4.78, 5) is 27.5. The van der Waals surface area contributed by atoms with Crippen LogP contribution in [0.1, 0.15) is 13.8 Å². The van der Waals surface area contributed by atoms with Gasteiger partial charge in [0.05, 0.1) is 16.7 Å². The number of aromatic nitrogens is 4. The molecule has 3 N–H and O–H groups in total. The Balaban J connectivity index is 1.56. The molecule has 2 atom stereocenters. The number of carbonyl (C=O) groups excluding carboxylic acids is 1. The molecular weight excluding hydrogens is 526 g/mol. The number of fused-ring (bicyclic) bond motifs is 2. The van der Waals surface area contributed by atoms with Crippen molar-refractivity contribution in [2.45, 2.75) is 32.0 Å². The number of amides is 1. The van der Waals surface area contributed by atoms with Gasteiger partial charge in [-0.2, -0.15) is 10.1 Å². The van der Waals surface area contributed by atoms with Crippen LogP contribution in [0.5, 0.6) is 0 Å². The number of hydrogen-bond donors (Lipinski definition) is 2. The summed E-state index contributed by atoms with van der Waals surface area (Å²) in [5.74, 6) is -0.718. The van der Waals surface area contributed by atoms with Gasteiger partial charge in [-0.3, -0.25) is 9.89 Å². The van der Waals surface area contributed by atoms with Crippen molar-refractivity contribution >= 4 is 51.1 Å². The van der Waals surface area contributed by atoms with Gasteiger partial charge in [0.15, 0.2) is 5.82 Å². The Morgan fingerprint density at radius 3 is 2.64 bits per heavy atom. The van der Waals surface area contributed by atoms with E-state index in [2.05, 4.69) is 21.8 Å². The number of nitrogens with one attached hydrogen (secondary N) is 1. The summed E-state index contributed by atoms with van der Waals surface area (Å²) in [5.41, 5.74) is 6.26. The molecule has 2 aromatic carbocycles. The molecule has 202 valence electrons. The number of nitrogens with zero attached hydrogens (tertiary/aromatic N) is 6. The summed E-state index contributed by atoms with van der Waals surface area (Å²) in [6, 6.07) is 4.09. The zero-order valence-corrected chi connectivity index (χ0v) is 22.2. The number of H-pyrrole nitrogens is 1. The fourth-order valence-corrected chi connectivity index (χ4v) is 5.80. The number of halogens is 3. The highest BCUT2D eigenvalue weighted by Gasteiger charge is 2.35. The van der Waals surface area contributed by atoms with Crippen molar-refractivity contribution < 1.29 is 13.6 Å². The van der Waals surface area contributed by atoms with E-state index in [4.69, 9.17) is 22.3 Å². The van der Waals surface area contributed by atoms with Gasteiger partial charge >= 0.3 is 0 Å². The molecule has 4 heterocycles. The van der Waals surface area contributed by atoms with Gasteiger partial charge < -0.3 is 20.4 Å². The van der Waals surface area contributed by atoms with E-state index in [-0.39, 0.29) is 45.7 Å². The second-order valence-electron chi connectivity index (χ2n) is 10.3. The third-order valence-corrected chi connectivity index (χ3v) is 7.87. The smallest absolute Gasteiger partial charge is 0.246 e. The molecule has 6 rings (SSSR count). The minimum atomic E-state index is -0.755. The van der Waals surface area contributed by atoms with Gasteiger partial charge in [-0.25, -0.2) is 13.8 Å². The van der Waals surface area contributed by atoms with Crippen LogP contribution in [0.4, 0.5) is 20.5 Å². The molecule has 0 radical (unpaired) electrons. The van der Waals surface area contributed by atoms with Crippen molar-refractivity contribution in [1.29, 1.82) is 0 Å². The molecule has 1 amide bonds. The first-order valence-corrected chi connectivity index (χ1v) is 13.1. The van der Waals surface area contributed by atoms with Gasteiger partial charge in [-0.1, -0.05) is 18.2 Å². The molecule has 2 aromatic heterocycles. The van der Waals surface area contributed by atoms with Crippen LogP contribution in [0.3, 0.4) is 0 Å². The highest BCUT2D eigenvalue weighted by Crippen LogP contribution is 2.42. The third kappa shape index (κ3) is 4.07.